The Bertz CT molecular complexity index is 1110. The largest absolute Gasteiger partial charge is 0.450 e. The number of urea groups is 1. The molecule has 0 bridgehead atoms. The molecule has 0 atom stereocenters. The van der Waals surface area contributed by atoms with Gasteiger partial charge in [0.2, 0.25) is 5.76 Å². The highest BCUT2D eigenvalue weighted by Gasteiger charge is 2.16. The standard InChI is InChI=1S/C19H13ClN2O6/c20-11-6-7-15-13(8-11)14(23)9-16(28-15)18(25)27-10-17(24)22-19(26)21-12-4-2-1-3-5-12/h1-9H,10H2,(H2,21,22,24,26). The second-order valence-corrected chi connectivity index (χ2v) is 6.00. The number of anilines is 1. The summed E-state index contributed by atoms with van der Waals surface area (Å²) < 4.78 is 10.1. The van der Waals surface area contributed by atoms with Crippen LogP contribution in [0.15, 0.2) is 63.8 Å². The Labute approximate surface area is 163 Å². The third kappa shape index (κ3) is 4.74. The fourth-order valence-electron chi connectivity index (χ4n) is 2.28. The first-order chi connectivity index (χ1) is 13.4. The SMILES string of the molecule is O=C(COC(=O)c1cc(=O)c2cc(Cl)ccc2o1)NC(=O)Nc1ccccc1. The van der Waals surface area contributed by atoms with Crippen LogP contribution in [0.1, 0.15) is 10.6 Å². The van der Waals surface area contributed by atoms with Crippen molar-refractivity contribution in [3.05, 3.63) is 75.6 Å². The van der Waals surface area contributed by atoms with Crippen LogP contribution >= 0.6 is 11.6 Å². The highest BCUT2D eigenvalue weighted by Crippen LogP contribution is 2.18. The van der Waals surface area contributed by atoms with E-state index in [2.05, 4.69) is 5.32 Å². The van der Waals surface area contributed by atoms with Crippen LogP contribution in [0.4, 0.5) is 10.5 Å². The highest BCUT2D eigenvalue weighted by atomic mass is 35.5. The van der Waals surface area contributed by atoms with Gasteiger partial charge in [0.15, 0.2) is 12.0 Å². The van der Waals surface area contributed by atoms with E-state index in [1.165, 1.54) is 18.2 Å². The smallest absolute Gasteiger partial charge is 0.374 e. The van der Waals surface area contributed by atoms with E-state index >= 15 is 0 Å². The Hall–Kier alpha value is -3.65. The molecule has 0 spiro atoms. The maximum Gasteiger partial charge on any atom is 0.374 e. The molecule has 8 nitrogen and oxygen atoms in total. The molecule has 1 aromatic heterocycles. The summed E-state index contributed by atoms with van der Waals surface area (Å²) in [6.45, 7) is -0.733. The minimum absolute atomic E-state index is 0.149. The lowest BCUT2D eigenvalue weighted by Crippen LogP contribution is -2.37. The average molecular weight is 401 g/mol. The lowest BCUT2D eigenvalue weighted by molar-refractivity contribution is -0.123. The van der Waals surface area contributed by atoms with Gasteiger partial charge in [-0.3, -0.25) is 14.9 Å². The minimum Gasteiger partial charge on any atom is -0.450 e. The van der Waals surface area contributed by atoms with Crippen LogP contribution in [0.3, 0.4) is 0 Å². The van der Waals surface area contributed by atoms with E-state index in [-0.39, 0.29) is 16.7 Å². The molecule has 0 radical (unpaired) electrons. The van der Waals surface area contributed by atoms with Crippen LogP contribution in [-0.4, -0.2) is 24.5 Å². The zero-order chi connectivity index (χ0) is 20.1. The van der Waals surface area contributed by atoms with Gasteiger partial charge in [-0.05, 0) is 30.3 Å². The van der Waals surface area contributed by atoms with Gasteiger partial charge in [0.25, 0.3) is 5.91 Å². The number of hydrogen-bond donors (Lipinski definition) is 2. The van der Waals surface area contributed by atoms with Crippen molar-refractivity contribution < 1.29 is 23.5 Å². The second kappa shape index (κ2) is 8.36. The zero-order valence-corrected chi connectivity index (χ0v) is 15.0. The van der Waals surface area contributed by atoms with Crippen LogP contribution in [0.5, 0.6) is 0 Å². The van der Waals surface area contributed by atoms with E-state index in [9.17, 15) is 19.2 Å². The summed E-state index contributed by atoms with van der Waals surface area (Å²) in [5.74, 6) is -2.24. The number of hydrogen-bond acceptors (Lipinski definition) is 6. The molecule has 0 aliphatic heterocycles. The number of ether oxygens (including phenoxy) is 1. The van der Waals surface area contributed by atoms with Gasteiger partial charge in [-0.2, -0.15) is 0 Å². The first-order valence-corrected chi connectivity index (χ1v) is 8.36. The molecule has 3 amide bonds. The van der Waals surface area contributed by atoms with Crippen molar-refractivity contribution >= 4 is 46.2 Å². The summed E-state index contributed by atoms with van der Waals surface area (Å²) in [5.41, 5.74) is 0.153. The maximum atomic E-state index is 12.1. The number of fused-ring (bicyclic) bond motifs is 1. The summed E-state index contributed by atoms with van der Waals surface area (Å²) in [5, 5.41) is 5.01. The number of halogens is 1. The predicted molar refractivity (Wildman–Crippen MR) is 101 cm³/mol. The predicted octanol–water partition coefficient (Wildman–Crippen LogP) is 2.95. The van der Waals surface area contributed by atoms with Gasteiger partial charge in [0.1, 0.15) is 5.58 Å². The first kappa shape index (κ1) is 19.1. The molecule has 1 heterocycles. The van der Waals surface area contributed by atoms with Crippen molar-refractivity contribution in [3.63, 3.8) is 0 Å². The Balaban J connectivity index is 1.58. The summed E-state index contributed by atoms with van der Waals surface area (Å²) in [4.78, 5) is 47.5. The van der Waals surface area contributed by atoms with Gasteiger partial charge < -0.3 is 14.5 Å². The molecule has 2 aromatic carbocycles. The second-order valence-electron chi connectivity index (χ2n) is 5.56. The Morgan fingerprint density at radius 2 is 1.79 bits per heavy atom. The van der Waals surface area contributed by atoms with Crippen LogP contribution in [-0.2, 0) is 9.53 Å². The fourth-order valence-corrected chi connectivity index (χ4v) is 2.45. The topological polar surface area (TPSA) is 115 Å². The Kier molecular flexibility index (Phi) is 5.71. The van der Waals surface area contributed by atoms with Crippen molar-refractivity contribution in [2.45, 2.75) is 0 Å². The summed E-state index contributed by atoms with van der Waals surface area (Å²) in [6, 6.07) is 13.0. The molecular weight excluding hydrogens is 388 g/mol. The average Bonchev–Trinajstić information content (AvgIpc) is 2.67. The van der Waals surface area contributed by atoms with E-state index in [1.54, 1.807) is 30.3 Å². The number of nitrogens with one attached hydrogen (secondary N) is 2. The van der Waals surface area contributed by atoms with Crippen molar-refractivity contribution in [3.8, 4) is 0 Å². The van der Waals surface area contributed by atoms with Gasteiger partial charge in [-0.25, -0.2) is 9.59 Å². The summed E-state index contributed by atoms with van der Waals surface area (Å²) in [6.07, 6.45) is 0. The van der Waals surface area contributed by atoms with Crippen LogP contribution in [0.25, 0.3) is 11.0 Å². The van der Waals surface area contributed by atoms with E-state index in [4.69, 9.17) is 20.8 Å². The number of imide groups is 1. The number of amides is 3. The number of carbonyl (C=O) groups excluding carboxylic acids is 3. The lowest BCUT2D eigenvalue weighted by atomic mass is 10.2. The lowest BCUT2D eigenvalue weighted by Gasteiger charge is -2.07. The normalized spacial score (nSPS) is 10.3. The quantitative estimate of drug-likeness (QED) is 0.651. The fraction of sp³-hybridized carbons (Fsp3) is 0.0526. The molecule has 0 saturated heterocycles. The highest BCUT2D eigenvalue weighted by molar-refractivity contribution is 6.31. The third-order valence-corrected chi connectivity index (χ3v) is 3.74. The van der Waals surface area contributed by atoms with E-state index in [1.807, 2.05) is 5.32 Å². The minimum atomic E-state index is -1.02. The monoisotopic (exact) mass is 400 g/mol. The molecule has 28 heavy (non-hydrogen) atoms. The van der Waals surface area contributed by atoms with E-state index < -0.39 is 29.9 Å². The van der Waals surface area contributed by atoms with Crippen molar-refractivity contribution in [1.82, 2.24) is 5.32 Å². The molecule has 3 aromatic rings. The molecule has 0 aliphatic rings. The van der Waals surface area contributed by atoms with E-state index in [0.29, 0.717) is 10.7 Å². The number of esters is 1. The molecule has 0 unspecified atom stereocenters. The Morgan fingerprint density at radius 3 is 2.54 bits per heavy atom. The molecule has 2 N–H and O–H groups in total. The number of para-hydroxylation sites is 1. The molecule has 0 saturated carbocycles. The van der Waals surface area contributed by atoms with Gasteiger partial charge in [0.05, 0.1) is 5.39 Å². The number of benzene rings is 2. The van der Waals surface area contributed by atoms with E-state index in [0.717, 1.165) is 6.07 Å². The number of carbonyl (C=O) groups is 3. The maximum absolute atomic E-state index is 12.1. The molecule has 0 aliphatic carbocycles. The van der Waals surface area contributed by atoms with Gasteiger partial charge in [-0.15, -0.1) is 0 Å². The number of rotatable bonds is 4. The third-order valence-electron chi connectivity index (χ3n) is 3.51. The molecule has 9 heteroatoms. The van der Waals surface area contributed by atoms with Crippen LogP contribution in [0.2, 0.25) is 5.02 Å². The summed E-state index contributed by atoms with van der Waals surface area (Å²) >= 11 is 5.82. The molecular formula is C19H13ClN2O6. The van der Waals surface area contributed by atoms with Crippen molar-refractivity contribution in [2.24, 2.45) is 0 Å². The molecule has 3 rings (SSSR count). The molecule has 0 fully saturated rings. The molecule has 142 valence electrons. The Morgan fingerprint density at radius 1 is 1.04 bits per heavy atom. The van der Waals surface area contributed by atoms with Crippen LogP contribution < -0.4 is 16.1 Å². The zero-order valence-electron chi connectivity index (χ0n) is 14.2. The van der Waals surface area contributed by atoms with Gasteiger partial charge in [-0.1, -0.05) is 29.8 Å². The van der Waals surface area contributed by atoms with Crippen molar-refractivity contribution in [2.75, 3.05) is 11.9 Å². The van der Waals surface area contributed by atoms with Crippen LogP contribution in [0, 0.1) is 0 Å². The first-order valence-electron chi connectivity index (χ1n) is 7.99. The van der Waals surface area contributed by atoms with Crippen molar-refractivity contribution in [1.29, 1.82) is 0 Å². The van der Waals surface area contributed by atoms with Gasteiger partial charge >= 0.3 is 12.0 Å². The summed E-state index contributed by atoms with van der Waals surface area (Å²) in [7, 11) is 0. The van der Waals surface area contributed by atoms with Gasteiger partial charge in [0, 0.05) is 16.8 Å².